The van der Waals surface area contributed by atoms with Crippen LogP contribution in [0, 0.1) is 19.8 Å². The lowest BCUT2D eigenvalue weighted by Crippen LogP contribution is -2.33. The molecule has 0 fully saturated rings. The Kier molecular flexibility index (Phi) is 6.26. The smallest absolute Gasteiger partial charge is 0.254 e. The summed E-state index contributed by atoms with van der Waals surface area (Å²) in [5.74, 6) is 0.603. The van der Waals surface area contributed by atoms with Crippen LogP contribution in [-0.4, -0.2) is 37.6 Å². The molecule has 168 valence electrons. The fourth-order valence-corrected chi connectivity index (χ4v) is 4.66. The monoisotopic (exact) mass is 433 g/mol. The van der Waals surface area contributed by atoms with E-state index in [1.54, 1.807) is 0 Å². The largest absolute Gasteiger partial charge is 0.341 e. The highest BCUT2D eigenvalue weighted by Crippen LogP contribution is 2.26. The van der Waals surface area contributed by atoms with E-state index in [1.807, 2.05) is 53.9 Å². The Hall–Kier alpha value is -3.22. The lowest BCUT2D eigenvalue weighted by molar-refractivity contribution is -0.135. The first-order chi connectivity index (χ1) is 15.4. The molecule has 7 nitrogen and oxygen atoms in total. The molecule has 2 heterocycles. The summed E-state index contributed by atoms with van der Waals surface area (Å²) in [5.41, 5.74) is 5.55. The highest BCUT2D eigenvalue weighted by atomic mass is 16.2. The summed E-state index contributed by atoms with van der Waals surface area (Å²) in [6, 6.07) is 9.67. The fourth-order valence-electron chi connectivity index (χ4n) is 4.66. The number of hydrogen-bond donors (Lipinski definition) is 1. The Labute approximate surface area is 188 Å². The molecule has 1 aliphatic rings. The van der Waals surface area contributed by atoms with Gasteiger partial charge in [-0.25, -0.2) is 4.98 Å². The number of aromatic nitrogens is 4. The molecule has 1 aliphatic carbocycles. The van der Waals surface area contributed by atoms with Gasteiger partial charge in [0, 0.05) is 48.4 Å². The number of benzene rings is 1. The summed E-state index contributed by atoms with van der Waals surface area (Å²) >= 11 is 0. The van der Waals surface area contributed by atoms with Gasteiger partial charge in [0.2, 0.25) is 5.91 Å². The first-order valence-electron chi connectivity index (χ1n) is 11.3. The summed E-state index contributed by atoms with van der Waals surface area (Å²) in [7, 11) is 1.86. The van der Waals surface area contributed by atoms with Crippen molar-refractivity contribution in [3.8, 4) is 11.4 Å². The van der Waals surface area contributed by atoms with Gasteiger partial charge in [0.25, 0.3) is 5.56 Å². The molecule has 0 radical (unpaired) electrons. The number of rotatable bonds is 5. The number of amides is 1. The SMILES string of the molecule is CCn1nc(C)c(CN(C)C(=O)C2CCc3nc(-c4ccccc4)[nH]c(=O)c3CC2)c1C. The van der Waals surface area contributed by atoms with Crippen molar-refractivity contribution in [1.29, 1.82) is 0 Å². The Balaban J connectivity index is 1.50. The average molecular weight is 434 g/mol. The molecular formula is C25H31N5O2. The van der Waals surface area contributed by atoms with Gasteiger partial charge in [-0.15, -0.1) is 0 Å². The van der Waals surface area contributed by atoms with Gasteiger partial charge in [0.1, 0.15) is 5.82 Å². The van der Waals surface area contributed by atoms with E-state index in [4.69, 9.17) is 4.98 Å². The van der Waals surface area contributed by atoms with Crippen LogP contribution in [0.4, 0.5) is 0 Å². The first-order valence-corrected chi connectivity index (χ1v) is 11.3. The molecule has 1 aromatic carbocycles. The molecule has 1 N–H and O–H groups in total. The zero-order chi connectivity index (χ0) is 22.8. The predicted molar refractivity (Wildman–Crippen MR) is 124 cm³/mol. The molecule has 0 saturated heterocycles. The maximum absolute atomic E-state index is 13.3. The lowest BCUT2D eigenvalue weighted by Gasteiger charge is -2.23. The number of fused-ring (bicyclic) bond motifs is 1. The normalized spacial score (nSPS) is 15.8. The second kappa shape index (κ2) is 9.10. The van der Waals surface area contributed by atoms with Crippen LogP contribution < -0.4 is 5.56 Å². The van der Waals surface area contributed by atoms with Gasteiger partial charge in [-0.1, -0.05) is 30.3 Å². The molecule has 1 atom stereocenters. The van der Waals surface area contributed by atoms with Gasteiger partial charge >= 0.3 is 0 Å². The lowest BCUT2D eigenvalue weighted by atomic mass is 9.98. The quantitative estimate of drug-likeness (QED) is 0.625. The summed E-state index contributed by atoms with van der Waals surface area (Å²) < 4.78 is 1.98. The van der Waals surface area contributed by atoms with Gasteiger partial charge < -0.3 is 9.88 Å². The molecule has 32 heavy (non-hydrogen) atoms. The van der Waals surface area contributed by atoms with E-state index in [2.05, 4.69) is 23.9 Å². The summed E-state index contributed by atoms with van der Waals surface area (Å²) in [6.45, 7) is 7.49. The minimum Gasteiger partial charge on any atom is -0.341 e. The molecule has 3 aromatic rings. The van der Waals surface area contributed by atoms with Crippen LogP contribution >= 0.6 is 0 Å². The minimum absolute atomic E-state index is 0.0893. The predicted octanol–water partition coefficient (Wildman–Crippen LogP) is 3.42. The van der Waals surface area contributed by atoms with Crippen LogP contribution in [0.25, 0.3) is 11.4 Å². The third kappa shape index (κ3) is 4.24. The maximum Gasteiger partial charge on any atom is 0.254 e. The summed E-state index contributed by atoms with van der Waals surface area (Å²) in [6.07, 6.45) is 2.57. The van der Waals surface area contributed by atoms with Crippen LogP contribution in [-0.2, 0) is 30.7 Å². The molecule has 7 heteroatoms. The summed E-state index contributed by atoms with van der Waals surface area (Å²) in [4.78, 5) is 35.5. The zero-order valence-corrected chi connectivity index (χ0v) is 19.3. The number of nitrogens with zero attached hydrogens (tertiary/aromatic N) is 4. The van der Waals surface area contributed by atoms with Gasteiger partial charge in [0.15, 0.2) is 0 Å². The number of carbonyl (C=O) groups is 1. The standard InChI is InChI=1S/C25H31N5O2/c1-5-30-17(3)21(16(2)28-30)15-29(4)25(32)19-11-13-20-22(14-12-19)26-23(27-24(20)31)18-9-7-6-8-10-18/h6-10,19H,5,11-15H2,1-4H3,(H,26,27,31). The molecule has 1 amide bonds. The van der Waals surface area contributed by atoms with Crippen molar-refractivity contribution in [2.24, 2.45) is 5.92 Å². The van der Waals surface area contributed by atoms with Crippen molar-refractivity contribution in [3.05, 3.63) is 68.9 Å². The van der Waals surface area contributed by atoms with Gasteiger partial charge in [-0.2, -0.15) is 5.10 Å². The van der Waals surface area contributed by atoms with Crippen molar-refractivity contribution >= 4 is 5.91 Å². The molecule has 2 aromatic heterocycles. The number of aryl methyl sites for hydroxylation is 3. The third-order valence-electron chi connectivity index (χ3n) is 6.57. The van der Waals surface area contributed by atoms with Crippen LogP contribution in [0.1, 0.15) is 48.0 Å². The van der Waals surface area contributed by atoms with E-state index in [0.29, 0.717) is 38.1 Å². The van der Waals surface area contributed by atoms with Crippen molar-refractivity contribution < 1.29 is 4.79 Å². The maximum atomic E-state index is 13.3. The summed E-state index contributed by atoms with van der Waals surface area (Å²) in [5, 5.41) is 4.57. The second-order valence-electron chi connectivity index (χ2n) is 8.64. The number of carbonyl (C=O) groups excluding carboxylic acids is 1. The van der Waals surface area contributed by atoms with E-state index in [9.17, 15) is 9.59 Å². The molecular weight excluding hydrogens is 402 g/mol. The topological polar surface area (TPSA) is 83.9 Å². The van der Waals surface area contributed by atoms with Gasteiger partial charge in [-0.05, 0) is 46.5 Å². The molecule has 0 saturated carbocycles. The van der Waals surface area contributed by atoms with Crippen molar-refractivity contribution in [2.45, 2.75) is 59.5 Å². The van der Waals surface area contributed by atoms with E-state index in [-0.39, 0.29) is 17.4 Å². The minimum atomic E-state index is -0.115. The van der Waals surface area contributed by atoms with Gasteiger partial charge in [0.05, 0.1) is 11.4 Å². The van der Waals surface area contributed by atoms with E-state index < -0.39 is 0 Å². The van der Waals surface area contributed by atoms with Gasteiger partial charge in [-0.3, -0.25) is 14.3 Å². The Morgan fingerprint density at radius 2 is 1.91 bits per heavy atom. The Morgan fingerprint density at radius 1 is 1.19 bits per heavy atom. The van der Waals surface area contributed by atoms with Crippen LogP contribution in [0.15, 0.2) is 35.1 Å². The van der Waals surface area contributed by atoms with Crippen molar-refractivity contribution in [3.63, 3.8) is 0 Å². The van der Waals surface area contributed by atoms with Crippen LogP contribution in [0.3, 0.4) is 0 Å². The highest BCUT2D eigenvalue weighted by Gasteiger charge is 2.28. The van der Waals surface area contributed by atoms with E-state index in [0.717, 1.165) is 40.3 Å². The molecule has 0 aliphatic heterocycles. The van der Waals surface area contributed by atoms with Crippen LogP contribution in [0.2, 0.25) is 0 Å². The Morgan fingerprint density at radius 3 is 2.59 bits per heavy atom. The molecule has 1 unspecified atom stereocenters. The number of H-pyrrole nitrogens is 1. The average Bonchev–Trinajstić information content (AvgIpc) is 2.95. The second-order valence-corrected chi connectivity index (χ2v) is 8.64. The zero-order valence-electron chi connectivity index (χ0n) is 19.3. The third-order valence-corrected chi connectivity index (χ3v) is 6.57. The molecule has 4 rings (SSSR count). The van der Waals surface area contributed by atoms with Crippen LogP contribution in [0.5, 0.6) is 0 Å². The van der Waals surface area contributed by atoms with Crippen molar-refractivity contribution in [1.82, 2.24) is 24.6 Å². The highest BCUT2D eigenvalue weighted by molar-refractivity contribution is 5.78. The first kappa shape index (κ1) is 22.0. The van der Waals surface area contributed by atoms with Crippen molar-refractivity contribution in [2.75, 3.05) is 7.05 Å². The van der Waals surface area contributed by atoms with E-state index >= 15 is 0 Å². The van der Waals surface area contributed by atoms with E-state index in [1.165, 1.54) is 0 Å². The number of hydrogen-bond acceptors (Lipinski definition) is 4. The fraction of sp³-hybridized carbons (Fsp3) is 0.440. The molecule has 0 spiro atoms. The number of aromatic amines is 1. The molecule has 0 bridgehead atoms. The number of nitrogens with one attached hydrogen (secondary N) is 1. The Bertz CT molecular complexity index is 1180.